The predicted molar refractivity (Wildman–Crippen MR) is 92.3 cm³/mol. The molecule has 0 bridgehead atoms. The SMILES string of the molecule is Cc1noc(C)c1CSCC(=O)OCC(=O)c1cc(C)n(C)c1C. The minimum Gasteiger partial charge on any atom is -0.457 e. The van der Waals surface area contributed by atoms with Crippen LogP contribution < -0.4 is 0 Å². The zero-order chi connectivity index (χ0) is 17.9. The van der Waals surface area contributed by atoms with E-state index in [0.29, 0.717) is 11.3 Å². The van der Waals surface area contributed by atoms with Crippen LogP contribution >= 0.6 is 11.8 Å². The summed E-state index contributed by atoms with van der Waals surface area (Å²) >= 11 is 1.41. The van der Waals surface area contributed by atoms with Gasteiger partial charge in [0.25, 0.3) is 0 Å². The second-order valence-corrected chi connectivity index (χ2v) is 6.71. The average Bonchev–Trinajstić information content (AvgIpc) is 3.00. The van der Waals surface area contributed by atoms with Gasteiger partial charge in [-0.2, -0.15) is 0 Å². The molecule has 2 heterocycles. The molecule has 0 N–H and O–H groups in total. The van der Waals surface area contributed by atoms with Crippen molar-refractivity contribution >= 4 is 23.5 Å². The van der Waals surface area contributed by atoms with Crippen molar-refractivity contribution < 1.29 is 18.8 Å². The Morgan fingerprint density at radius 1 is 1.29 bits per heavy atom. The number of carbonyl (C=O) groups excluding carboxylic acids is 2. The van der Waals surface area contributed by atoms with Crippen LogP contribution in [0, 0.1) is 27.7 Å². The number of hydrogen-bond donors (Lipinski definition) is 0. The first-order valence-electron chi connectivity index (χ1n) is 7.62. The lowest BCUT2D eigenvalue weighted by atomic mass is 10.1. The standard InChI is InChI=1S/C17H22N2O4S/c1-10-6-14(12(3)19(10)5)16(20)7-22-17(21)9-24-8-15-11(2)18-23-13(15)4/h6H,7-9H2,1-5H3. The van der Waals surface area contributed by atoms with Crippen molar-refractivity contribution in [1.82, 2.24) is 9.72 Å². The van der Waals surface area contributed by atoms with Crippen molar-refractivity contribution in [3.8, 4) is 0 Å². The molecule has 0 saturated carbocycles. The minimum absolute atomic E-state index is 0.180. The number of carbonyl (C=O) groups is 2. The van der Waals surface area contributed by atoms with Gasteiger partial charge < -0.3 is 13.8 Å². The fourth-order valence-corrected chi connectivity index (χ4v) is 3.32. The quantitative estimate of drug-likeness (QED) is 0.565. The largest absolute Gasteiger partial charge is 0.457 e. The molecule has 0 aromatic carbocycles. The molecule has 0 spiro atoms. The van der Waals surface area contributed by atoms with Crippen LogP contribution in [0.4, 0.5) is 0 Å². The summed E-state index contributed by atoms with van der Waals surface area (Å²) < 4.78 is 12.1. The van der Waals surface area contributed by atoms with E-state index in [2.05, 4.69) is 5.16 Å². The van der Waals surface area contributed by atoms with Gasteiger partial charge in [0.15, 0.2) is 6.61 Å². The van der Waals surface area contributed by atoms with Crippen molar-refractivity contribution in [2.24, 2.45) is 7.05 Å². The van der Waals surface area contributed by atoms with Gasteiger partial charge in [0.2, 0.25) is 5.78 Å². The number of aryl methyl sites for hydroxylation is 3. The summed E-state index contributed by atoms with van der Waals surface area (Å²) in [6.07, 6.45) is 0. The Hall–Kier alpha value is -2.02. The lowest BCUT2D eigenvalue weighted by Crippen LogP contribution is -2.16. The molecule has 0 atom stereocenters. The maximum absolute atomic E-state index is 12.2. The first-order valence-corrected chi connectivity index (χ1v) is 8.78. The van der Waals surface area contributed by atoms with Gasteiger partial charge in [0, 0.05) is 35.3 Å². The summed E-state index contributed by atoms with van der Waals surface area (Å²) in [5, 5.41) is 3.87. The summed E-state index contributed by atoms with van der Waals surface area (Å²) in [4.78, 5) is 24.0. The van der Waals surface area contributed by atoms with E-state index in [4.69, 9.17) is 9.26 Å². The third-order valence-corrected chi connectivity index (χ3v) is 5.02. The number of ketones is 1. The van der Waals surface area contributed by atoms with Crippen molar-refractivity contribution in [3.63, 3.8) is 0 Å². The van der Waals surface area contributed by atoms with Gasteiger partial charge in [-0.1, -0.05) is 5.16 Å². The molecule has 0 saturated heterocycles. The number of ether oxygens (including phenoxy) is 1. The topological polar surface area (TPSA) is 74.3 Å². The van der Waals surface area contributed by atoms with Crippen LogP contribution in [-0.4, -0.2) is 33.8 Å². The number of hydrogen-bond acceptors (Lipinski definition) is 6. The van der Waals surface area contributed by atoms with Crippen LogP contribution in [0.25, 0.3) is 0 Å². The Balaban J connectivity index is 1.79. The van der Waals surface area contributed by atoms with Crippen LogP contribution in [0.5, 0.6) is 0 Å². The van der Waals surface area contributed by atoms with E-state index in [-0.39, 0.29) is 18.1 Å². The van der Waals surface area contributed by atoms with Gasteiger partial charge in [-0.05, 0) is 33.8 Å². The van der Waals surface area contributed by atoms with E-state index in [1.54, 1.807) is 0 Å². The third-order valence-electron chi connectivity index (χ3n) is 4.09. The van der Waals surface area contributed by atoms with Crippen molar-refractivity contribution in [2.45, 2.75) is 33.4 Å². The van der Waals surface area contributed by atoms with Gasteiger partial charge >= 0.3 is 5.97 Å². The smallest absolute Gasteiger partial charge is 0.316 e. The number of Topliss-reactive ketones (excluding diaryl/α,β-unsaturated/α-hetero) is 1. The van der Waals surface area contributed by atoms with E-state index in [0.717, 1.165) is 28.4 Å². The first-order chi connectivity index (χ1) is 11.3. The molecule has 0 amide bonds. The van der Waals surface area contributed by atoms with E-state index >= 15 is 0 Å². The first kappa shape index (κ1) is 18.3. The molecule has 7 heteroatoms. The van der Waals surface area contributed by atoms with Crippen LogP contribution in [0.15, 0.2) is 10.6 Å². The molecule has 2 aromatic heterocycles. The van der Waals surface area contributed by atoms with E-state index in [1.165, 1.54) is 11.8 Å². The second-order valence-electron chi connectivity index (χ2n) is 5.72. The number of esters is 1. The zero-order valence-corrected chi connectivity index (χ0v) is 15.5. The lowest BCUT2D eigenvalue weighted by Gasteiger charge is -2.05. The molecule has 24 heavy (non-hydrogen) atoms. The molecule has 0 aliphatic carbocycles. The zero-order valence-electron chi connectivity index (χ0n) is 14.6. The van der Waals surface area contributed by atoms with Gasteiger partial charge in [0.05, 0.1) is 11.4 Å². The van der Waals surface area contributed by atoms with Crippen LogP contribution in [-0.2, 0) is 22.3 Å². The highest BCUT2D eigenvalue weighted by Crippen LogP contribution is 2.19. The molecular weight excluding hydrogens is 328 g/mol. The molecule has 0 radical (unpaired) electrons. The van der Waals surface area contributed by atoms with Crippen LogP contribution in [0.1, 0.15) is 38.8 Å². The highest BCUT2D eigenvalue weighted by molar-refractivity contribution is 7.99. The molecule has 0 aliphatic heterocycles. The Bertz CT molecular complexity index is 741. The van der Waals surface area contributed by atoms with Crippen molar-refractivity contribution in [3.05, 3.63) is 40.0 Å². The fourth-order valence-electron chi connectivity index (χ4n) is 2.35. The molecule has 130 valence electrons. The molecule has 0 aliphatic rings. The highest BCUT2D eigenvalue weighted by Gasteiger charge is 2.16. The number of aromatic nitrogens is 2. The number of rotatable bonds is 7. The summed E-state index contributed by atoms with van der Waals surface area (Å²) in [5.41, 5.74) is 4.31. The van der Waals surface area contributed by atoms with Crippen molar-refractivity contribution in [2.75, 3.05) is 12.4 Å². The number of nitrogens with zero attached hydrogens (tertiary/aromatic N) is 2. The van der Waals surface area contributed by atoms with Gasteiger partial charge in [-0.15, -0.1) is 11.8 Å². The van der Waals surface area contributed by atoms with E-state index < -0.39 is 5.97 Å². The Kier molecular flexibility index (Phi) is 5.88. The Labute approximate surface area is 145 Å². The third kappa shape index (κ3) is 4.08. The molecule has 0 unspecified atom stereocenters. The monoisotopic (exact) mass is 350 g/mol. The van der Waals surface area contributed by atoms with E-state index in [9.17, 15) is 9.59 Å². The normalized spacial score (nSPS) is 10.9. The summed E-state index contributed by atoms with van der Waals surface area (Å²) in [6.45, 7) is 7.29. The maximum atomic E-state index is 12.2. The maximum Gasteiger partial charge on any atom is 0.316 e. The van der Waals surface area contributed by atoms with Crippen LogP contribution in [0.3, 0.4) is 0 Å². The van der Waals surface area contributed by atoms with Gasteiger partial charge in [-0.3, -0.25) is 9.59 Å². The molecule has 2 rings (SSSR count). The summed E-state index contributed by atoms with van der Waals surface area (Å²) in [6, 6.07) is 1.82. The Morgan fingerprint density at radius 3 is 2.54 bits per heavy atom. The van der Waals surface area contributed by atoms with Gasteiger partial charge in [-0.25, -0.2) is 0 Å². The predicted octanol–water partition coefficient (Wildman–Crippen LogP) is 2.91. The summed E-state index contributed by atoms with van der Waals surface area (Å²) in [5.74, 6) is 0.995. The molecule has 0 fully saturated rings. The second kappa shape index (κ2) is 7.70. The molecule has 2 aromatic rings. The minimum atomic E-state index is -0.398. The molecule has 6 nitrogen and oxygen atoms in total. The Morgan fingerprint density at radius 2 is 2.00 bits per heavy atom. The highest BCUT2D eigenvalue weighted by atomic mass is 32.2. The lowest BCUT2D eigenvalue weighted by molar-refractivity contribution is -0.139. The van der Waals surface area contributed by atoms with Crippen LogP contribution in [0.2, 0.25) is 0 Å². The number of thioether (sulfide) groups is 1. The van der Waals surface area contributed by atoms with E-state index in [1.807, 2.05) is 45.4 Å². The molecular formula is C17H22N2O4S. The summed E-state index contributed by atoms with van der Waals surface area (Å²) in [7, 11) is 1.90. The fraction of sp³-hybridized carbons (Fsp3) is 0.471. The average molecular weight is 350 g/mol. The van der Waals surface area contributed by atoms with Crippen molar-refractivity contribution in [1.29, 1.82) is 0 Å². The van der Waals surface area contributed by atoms with Gasteiger partial charge in [0.1, 0.15) is 5.76 Å².